The molecule has 1 N–H and O–H groups in total. The van der Waals surface area contributed by atoms with E-state index in [9.17, 15) is 4.79 Å². The molecule has 3 nitrogen and oxygen atoms in total. The van der Waals surface area contributed by atoms with Crippen LogP contribution in [0.15, 0.2) is 0 Å². The van der Waals surface area contributed by atoms with E-state index in [0.717, 1.165) is 12.2 Å². The van der Waals surface area contributed by atoms with Gasteiger partial charge in [-0.15, -0.1) is 0 Å². The number of thioether (sulfide) groups is 1. The molecule has 0 saturated carbocycles. The summed E-state index contributed by atoms with van der Waals surface area (Å²) in [5, 5.41) is 3.25. The molecule has 0 aromatic carbocycles. The molecule has 0 amide bonds. The topological polar surface area (TPSA) is 38.3 Å². The predicted molar refractivity (Wildman–Crippen MR) is 70.9 cm³/mol. The molecule has 0 aliphatic rings. The van der Waals surface area contributed by atoms with Crippen molar-refractivity contribution in [3.05, 3.63) is 0 Å². The van der Waals surface area contributed by atoms with E-state index in [1.807, 2.05) is 39.5 Å². The molecule has 0 aliphatic heterocycles. The molecule has 0 spiro atoms. The van der Waals surface area contributed by atoms with Crippen LogP contribution in [0.25, 0.3) is 0 Å². The maximum atomic E-state index is 11.7. The van der Waals surface area contributed by atoms with Crippen molar-refractivity contribution >= 4 is 17.7 Å². The quantitative estimate of drug-likeness (QED) is 0.732. The fourth-order valence-corrected chi connectivity index (χ4v) is 1.85. The van der Waals surface area contributed by atoms with Gasteiger partial charge in [0.1, 0.15) is 11.6 Å². The van der Waals surface area contributed by atoms with Crippen LogP contribution in [-0.2, 0) is 9.53 Å². The van der Waals surface area contributed by atoms with E-state index in [-0.39, 0.29) is 12.0 Å². The van der Waals surface area contributed by atoms with Gasteiger partial charge in [-0.25, -0.2) is 0 Å². The van der Waals surface area contributed by atoms with Crippen molar-refractivity contribution in [2.45, 2.75) is 58.7 Å². The molecule has 0 saturated heterocycles. The van der Waals surface area contributed by atoms with Gasteiger partial charge in [-0.3, -0.25) is 4.79 Å². The van der Waals surface area contributed by atoms with Crippen LogP contribution in [0.5, 0.6) is 0 Å². The van der Waals surface area contributed by atoms with E-state index < -0.39 is 5.60 Å². The molecule has 0 aromatic heterocycles. The summed E-state index contributed by atoms with van der Waals surface area (Å²) in [7, 11) is 0. The highest BCUT2D eigenvalue weighted by molar-refractivity contribution is 7.98. The third-order valence-electron chi connectivity index (χ3n) is 2.05. The predicted octanol–water partition coefficient (Wildman–Crippen LogP) is 2.45. The Kier molecular flexibility index (Phi) is 7.07. The number of ether oxygens (including phenoxy) is 1. The zero-order chi connectivity index (χ0) is 12.8. The van der Waals surface area contributed by atoms with Gasteiger partial charge in [0.25, 0.3) is 0 Å². The SMILES string of the molecule is CSCCC(C)NC(C)C(=O)OC(C)(C)C. The van der Waals surface area contributed by atoms with Crippen molar-refractivity contribution in [3.8, 4) is 0 Å². The molecular weight excluding hydrogens is 222 g/mol. The molecule has 96 valence electrons. The van der Waals surface area contributed by atoms with Gasteiger partial charge in [0.15, 0.2) is 0 Å². The summed E-state index contributed by atoms with van der Waals surface area (Å²) < 4.78 is 5.30. The lowest BCUT2D eigenvalue weighted by atomic mass is 10.2. The van der Waals surface area contributed by atoms with Crippen molar-refractivity contribution < 1.29 is 9.53 Å². The van der Waals surface area contributed by atoms with Gasteiger partial charge in [-0.05, 0) is 53.0 Å². The van der Waals surface area contributed by atoms with Gasteiger partial charge >= 0.3 is 5.97 Å². The Morgan fingerprint density at radius 3 is 2.38 bits per heavy atom. The van der Waals surface area contributed by atoms with Gasteiger partial charge in [0.2, 0.25) is 0 Å². The van der Waals surface area contributed by atoms with Gasteiger partial charge in [-0.1, -0.05) is 0 Å². The van der Waals surface area contributed by atoms with Crippen LogP contribution in [0.2, 0.25) is 0 Å². The van der Waals surface area contributed by atoms with Crippen molar-refractivity contribution in [1.82, 2.24) is 5.32 Å². The first kappa shape index (κ1) is 15.8. The molecule has 4 heteroatoms. The third-order valence-corrected chi connectivity index (χ3v) is 2.69. The first-order valence-electron chi connectivity index (χ1n) is 5.74. The molecule has 16 heavy (non-hydrogen) atoms. The van der Waals surface area contributed by atoms with E-state index in [1.54, 1.807) is 0 Å². The van der Waals surface area contributed by atoms with Crippen LogP contribution in [0, 0.1) is 0 Å². The second-order valence-corrected chi connectivity index (χ2v) is 6.09. The standard InChI is InChI=1S/C12H25NO2S/c1-9(7-8-16-6)13-10(2)11(14)15-12(3,4)5/h9-10,13H,7-8H2,1-6H3. The Hall–Kier alpha value is -0.220. The van der Waals surface area contributed by atoms with Crippen molar-refractivity contribution in [3.63, 3.8) is 0 Å². The van der Waals surface area contributed by atoms with Crippen LogP contribution >= 0.6 is 11.8 Å². The number of carbonyl (C=O) groups is 1. The Morgan fingerprint density at radius 1 is 1.38 bits per heavy atom. The van der Waals surface area contributed by atoms with Gasteiger partial charge in [-0.2, -0.15) is 11.8 Å². The zero-order valence-electron chi connectivity index (χ0n) is 11.3. The normalized spacial score (nSPS) is 15.6. The maximum Gasteiger partial charge on any atom is 0.323 e. The highest BCUT2D eigenvalue weighted by Crippen LogP contribution is 2.09. The van der Waals surface area contributed by atoms with Crippen LogP contribution in [0.1, 0.15) is 41.0 Å². The minimum atomic E-state index is -0.407. The monoisotopic (exact) mass is 247 g/mol. The van der Waals surface area contributed by atoms with E-state index in [0.29, 0.717) is 6.04 Å². The maximum absolute atomic E-state index is 11.7. The first-order chi connectivity index (χ1) is 7.26. The van der Waals surface area contributed by atoms with Crippen LogP contribution in [0.4, 0.5) is 0 Å². The lowest BCUT2D eigenvalue weighted by Crippen LogP contribution is -2.43. The molecule has 0 aromatic rings. The fraction of sp³-hybridized carbons (Fsp3) is 0.917. The average Bonchev–Trinajstić information content (AvgIpc) is 2.11. The Morgan fingerprint density at radius 2 is 1.94 bits per heavy atom. The van der Waals surface area contributed by atoms with Gasteiger partial charge in [0, 0.05) is 6.04 Å². The molecule has 0 heterocycles. The summed E-state index contributed by atoms with van der Waals surface area (Å²) in [5.41, 5.74) is -0.407. The van der Waals surface area contributed by atoms with Gasteiger partial charge in [0.05, 0.1) is 0 Å². The number of rotatable bonds is 6. The Balaban J connectivity index is 3.95. The zero-order valence-corrected chi connectivity index (χ0v) is 12.1. The second-order valence-electron chi connectivity index (χ2n) is 5.10. The van der Waals surface area contributed by atoms with E-state index in [2.05, 4.69) is 18.5 Å². The second kappa shape index (κ2) is 7.17. The molecule has 0 aliphatic carbocycles. The van der Waals surface area contributed by atoms with E-state index >= 15 is 0 Å². The fourth-order valence-electron chi connectivity index (χ4n) is 1.26. The lowest BCUT2D eigenvalue weighted by molar-refractivity contribution is -0.157. The summed E-state index contributed by atoms with van der Waals surface area (Å²) in [6.45, 7) is 9.60. The number of nitrogens with one attached hydrogen (secondary N) is 1. The summed E-state index contributed by atoms with van der Waals surface area (Å²) in [4.78, 5) is 11.7. The minimum absolute atomic E-state index is 0.177. The molecule has 0 radical (unpaired) electrons. The number of esters is 1. The average molecular weight is 247 g/mol. The Labute approximate surface area is 104 Å². The van der Waals surface area contributed by atoms with E-state index in [4.69, 9.17) is 4.74 Å². The first-order valence-corrected chi connectivity index (χ1v) is 7.13. The van der Waals surface area contributed by atoms with Crippen LogP contribution in [0.3, 0.4) is 0 Å². The number of hydrogen-bond acceptors (Lipinski definition) is 4. The minimum Gasteiger partial charge on any atom is -0.459 e. The molecule has 0 bridgehead atoms. The summed E-state index contributed by atoms with van der Waals surface area (Å²) in [5.74, 6) is 0.929. The van der Waals surface area contributed by atoms with Crippen molar-refractivity contribution in [1.29, 1.82) is 0 Å². The molecular formula is C12H25NO2S. The Bertz CT molecular complexity index is 214. The third kappa shape index (κ3) is 7.99. The molecule has 2 unspecified atom stereocenters. The molecule has 0 fully saturated rings. The smallest absolute Gasteiger partial charge is 0.323 e. The van der Waals surface area contributed by atoms with Gasteiger partial charge < -0.3 is 10.1 Å². The largest absolute Gasteiger partial charge is 0.459 e. The summed E-state index contributed by atoms with van der Waals surface area (Å²) in [6.07, 6.45) is 3.15. The summed E-state index contributed by atoms with van der Waals surface area (Å²) >= 11 is 1.82. The summed E-state index contributed by atoms with van der Waals surface area (Å²) in [6, 6.07) is 0.103. The number of hydrogen-bond donors (Lipinski definition) is 1. The van der Waals surface area contributed by atoms with Crippen molar-refractivity contribution in [2.24, 2.45) is 0 Å². The highest BCUT2D eigenvalue weighted by Gasteiger charge is 2.22. The van der Waals surface area contributed by atoms with Crippen molar-refractivity contribution in [2.75, 3.05) is 12.0 Å². The molecule has 0 rings (SSSR count). The van der Waals surface area contributed by atoms with Crippen LogP contribution < -0.4 is 5.32 Å². The molecule has 2 atom stereocenters. The van der Waals surface area contributed by atoms with E-state index in [1.165, 1.54) is 0 Å². The van der Waals surface area contributed by atoms with Crippen LogP contribution in [-0.4, -0.2) is 35.7 Å². The number of carbonyl (C=O) groups excluding carboxylic acids is 1. The highest BCUT2D eigenvalue weighted by atomic mass is 32.2. The lowest BCUT2D eigenvalue weighted by Gasteiger charge is -2.24.